The molecule has 2 rings (SSSR count). The van der Waals surface area contributed by atoms with Crippen LogP contribution >= 0.6 is 0 Å². The molecule has 0 N–H and O–H groups in total. The average molecular weight is 206 g/mol. The summed E-state index contributed by atoms with van der Waals surface area (Å²) in [5.74, 6) is 1.06. The molecule has 1 aliphatic carbocycles. The van der Waals surface area contributed by atoms with Gasteiger partial charge in [-0.1, -0.05) is 13.8 Å². The highest BCUT2D eigenvalue weighted by Crippen LogP contribution is 2.41. The number of hydrogen-bond acceptors (Lipinski definition) is 2. The van der Waals surface area contributed by atoms with Crippen LogP contribution in [0.15, 0.2) is 6.07 Å². The summed E-state index contributed by atoms with van der Waals surface area (Å²) in [4.78, 5) is 11.1. The van der Waals surface area contributed by atoms with Gasteiger partial charge in [-0.25, -0.2) is 0 Å². The summed E-state index contributed by atoms with van der Waals surface area (Å²) in [6.45, 7) is 4.25. The topological polar surface area (TPSA) is 34.9 Å². The van der Waals surface area contributed by atoms with Crippen LogP contribution in [0.25, 0.3) is 0 Å². The summed E-state index contributed by atoms with van der Waals surface area (Å²) in [6, 6.07) is 2.09. The Morgan fingerprint density at radius 1 is 1.53 bits per heavy atom. The van der Waals surface area contributed by atoms with Gasteiger partial charge in [-0.05, 0) is 30.7 Å². The van der Waals surface area contributed by atoms with Crippen molar-refractivity contribution in [3.05, 3.63) is 17.5 Å². The van der Waals surface area contributed by atoms with E-state index in [-0.39, 0.29) is 5.92 Å². The molecule has 3 nitrogen and oxygen atoms in total. The molecule has 0 radical (unpaired) electrons. The van der Waals surface area contributed by atoms with Crippen molar-refractivity contribution >= 4 is 6.29 Å². The average Bonchev–Trinajstić information content (AvgIpc) is 2.93. The number of rotatable bonds is 4. The predicted octanol–water partition coefficient (Wildman–Crippen LogP) is 2.24. The fourth-order valence-electron chi connectivity index (χ4n) is 1.98. The SMILES string of the molecule is CC(C)c1cc(C(C=O)C2CC2)n(C)n1. The molecule has 0 bridgehead atoms. The lowest BCUT2D eigenvalue weighted by Crippen LogP contribution is -2.08. The first-order valence-corrected chi connectivity index (χ1v) is 5.62. The van der Waals surface area contributed by atoms with E-state index in [0.717, 1.165) is 17.7 Å². The van der Waals surface area contributed by atoms with Crippen LogP contribution < -0.4 is 0 Å². The highest BCUT2D eigenvalue weighted by molar-refractivity contribution is 5.62. The van der Waals surface area contributed by atoms with Crippen LogP contribution in [-0.2, 0) is 11.8 Å². The predicted molar refractivity (Wildman–Crippen MR) is 58.8 cm³/mol. The minimum Gasteiger partial charge on any atom is -0.303 e. The first-order chi connectivity index (χ1) is 7.13. The van der Waals surface area contributed by atoms with Crippen LogP contribution in [0.3, 0.4) is 0 Å². The minimum atomic E-state index is 0.0648. The summed E-state index contributed by atoms with van der Waals surface area (Å²) in [5, 5.41) is 4.45. The molecule has 15 heavy (non-hydrogen) atoms. The number of hydrogen-bond donors (Lipinski definition) is 0. The van der Waals surface area contributed by atoms with Gasteiger partial charge in [0.05, 0.1) is 11.6 Å². The Morgan fingerprint density at radius 2 is 2.20 bits per heavy atom. The lowest BCUT2D eigenvalue weighted by molar-refractivity contribution is -0.109. The van der Waals surface area contributed by atoms with E-state index in [0.29, 0.717) is 11.8 Å². The quantitative estimate of drug-likeness (QED) is 0.708. The molecule has 0 spiro atoms. The van der Waals surface area contributed by atoms with E-state index in [2.05, 4.69) is 25.0 Å². The van der Waals surface area contributed by atoms with Gasteiger partial charge in [0, 0.05) is 12.7 Å². The monoisotopic (exact) mass is 206 g/mol. The van der Waals surface area contributed by atoms with Gasteiger partial charge < -0.3 is 4.79 Å². The fourth-order valence-corrected chi connectivity index (χ4v) is 1.98. The third-order valence-corrected chi connectivity index (χ3v) is 3.14. The Morgan fingerprint density at radius 3 is 2.60 bits per heavy atom. The summed E-state index contributed by atoms with van der Waals surface area (Å²) >= 11 is 0. The molecule has 1 saturated carbocycles. The Labute approximate surface area is 90.5 Å². The normalized spacial score (nSPS) is 18.1. The van der Waals surface area contributed by atoms with E-state index in [1.54, 1.807) is 0 Å². The van der Waals surface area contributed by atoms with Crippen LogP contribution in [-0.4, -0.2) is 16.1 Å². The zero-order valence-corrected chi connectivity index (χ0v) is 9.60. The first kappa shape index (κ1) is 10.4. The Kier molecular flexibility index (Phi) is 2.63. The van der Waals surface area contributed by atoms with Gasteiger partial charge in [0.15, 0.2) is 0 Å². The second kappa shape index (κ2) is 3.80. The number of aldehydes is 1. The van der Waals surface area contributed by atoms with Crippen molar-refractivity contribution in [2.45, 2.75) is 38.5 Å². The van der Waals surface area contributed by atoms with E-state index in [9.17, 15) is 4.79 Å². The fraction of sp³-hybridized carbons (Fsp3) is 0.667. The van der Waals surface area contributed by atoms with Crippen molar-refractivity contribution in [3.63, 3.8) is 0 Å². The third kappa shape index (κ3) is 1.96. The summed E-state index contributed by atoms with van der Waals surface area (Å²) in [5.41, 5.74) is 2.16. The first-order valence-electron chi connectivity index (χ1n) is 5.62. The molecule has 3 heteroatoms. The Balaban J connectivity index is 2.29. The van der Waals surface area contributed by atoms with Crippen molar-refractivity contribution < 1.29 is 4.79 Å². The molecule has 0 saturated heterocycles. The molecule has 1 aliphatic rings. The summed E-state index contributed by atoms with van der Waals surface area (Å²) in [6.07, 6.45) is 3.45. The second-order valence-corrected chi connectivity index (χ2v) is 4.77. The highest BCUT2D eigenvalue weighted by atomic mass is 16.1. The van der Waals surface area contributed by atoms with Crippen LogP contribution in [0, 0.1) is 5.92 Å². The molecule has 82 valence electrons. The third-order valence-electron chi connectivity index (χ3n) is 3.14. The van der Waals surface area contributed by atoms with Crippen LogP contribution in [0.2, 0.25) is 0 Å². The maximum absolute atomic E-state index is 11.1. The van der Waals surface area contributed by atoms with E-state index in [4.69, 9.17) is 0 Å². The molecule has 1 heterocycles. The number of aromatic nitrogens is 2. The zero-order valence-electron chi connectivity index (χ0n) is 9.60. The van der Waals surface area contributed by atoms with Crippen molar-refractivity contribution in [3.8, 4) is 0 Å². The smallest absolute Gasteiger partial charge is 0.129 e. The second-order valence-electron chi connectivity index (χ2n) is 4.77. The molecule has 0 amide bonds. The number of nitrogens with zero attached hydrogens (tertiary/aromatic N) is 2. The van der Waals surface area contributed by atoms with Gasteiger partial charge in [-0.15, -0.1) is 0 Å². The van der Waals surface area contributed by atoms with Crippen molar-refractivity contribution in [2.75, 3.05) is 0 Å². The lowest BCUT2D eigenvalue weighted by atomic mass is 10.00. The van der Waals surface area contributed by atoms with E-state index in [1.807, 2.05) is 11.7 Å². The number of carbonyl (C=O) groups excluding carboxylic acids is 1. The van der Waals surface area contributed by atoms with E-state index < -0.39 is 0 Å². The van der Waals surface area contributed by atoms with Crippen molar-refractivity contribution in [1.29, 1.82) is 0 Å². The Hall–Kier alpha value is -1.12. The van der Waals surface area contributed by atoms with Gasteiger partial charge in [0.2, 0.25) is 0 Å². The molecule has 0 aliphatic heterocycles. The zero-order chi connectivity index (χ0) is 11.0. The summed E-state index contributed by atoms with van der Waals surface area (Å²) < 4.78 is 1.87. The number of carbonyl (C=O) groups is 1. The summed E-state index contributed by atoms with van der Waals surface area (Å²) in [7, 11) is 1.93. The molecular weight excluding hydrogens is 188 g/mol. The van der Waals surface area contributed by atoms with Gasteiger partial charge in [-0.2, -0.15) is 5.10 Å². The van der Waals surface area contributed by atoms with Crippen LogP contribution in [0.4, 0.5) is 0 Å². The number of aryl methyl sites for hydroxylation is 1. The van der Waals surface area contributed by atoms with Crippen molar-refractivity contribution in [1.82, 2.24) is 9.78 Å². The van der Waals surface area contributed by atoms with Gasteiger partial charge in [0.1, 0.15) is 6.29 Å². The highest BCUT2D eigenvalue weighted by Gasteiger charge is 2.34. The Bertz CT molecular complexity index is 364. The maximum atomic E-state index is 11.1. The van der Waals surface area contributed by atoms with Crippen molar-refractivity contribution in [2.24, 2.45) is 13.0 Å². The molecule has 1 atom stereocenters. The van der Waals surface area contributed by atoms with E-state index in [1.165, 1.54) is 12.8 Å². The maximum Gasteiger partial charge on any atom is 0.129 e. The molecule has 0 aromatic carbocycles. The standard InChI is InChI=1S/C12H18N2O/c1-8(2)11-6-12(14(3)13-11)10(7-15)9-4-5-9/h6-10H,4-5H2,1-3H3. The van der Waals surface area contributed by atoms with Gasteiger partial charge in [0.25, 0.3) is 0 Å². The van der Waals surface area contributed by atoms with Gasteiger partial charge >= 0.3 is 0 Å². The molecular formula is C12H18N2O. The van der Waals surface area contributed by atoms with Crippen LogP contribution in [0.1, 0.15) is 49.9 Å². The molecule has 1 fully saturated rings. The van der Waals surface area contributed by atoms with Crippen LogP contribution in [0.5, 0.6) is 0 Å². The van der Waals surface area contributed by atoms with Gasteiger partial charge in [-0.3, -0.25) is 4.68 Å². The largest absolute Gasteiger partial charge is 0.303 e. The molecule has 1 aromatic heterocycles. The molecule has 1 unspecified atom stereocenters. The minimum absolute atomic E-state index is 0.0648. The van der Waals surface area contributed by atoms with E-state index >= 15 is 0 Å². The lowest BCUT2D eigenvalue weighted by Gasteiger charge is -2.07. The molecule has 1 aromatic rings.